The van der Waals surface area contributed by atoms with Crippen LogP contribution in [0.4, 0.5) is 4.39 Å². The average molecular weight is 329 g/mol. The molecule has 4 nitrogen and oxygen atoms in total. The van der Waals surface area contributed by atoms with Gasteiger partial charge in [-0.05, 0) is 29.8 Å². The van der Waals surface area contributed by atoms with Gasteiger partial charge in [-0.25, -0.2) is 12.8 Å². The number of hydrogen-bond acceptors (Lipinski definition) is 3. The predicted octanol–water partition coefficient (Wildman–Crippen LogP) is 2.78. The molecule has 0 spiro atoms. The fraction of sp³-hybridized carbons (Fsp3) is 0.214. The highest BCUT2D eigenvalue weighted by atomic mass is 35.5. The van der Waals surface area contributed by atoms with E-state index in [9.17, 15) is 12.8 Å². The van der Waals surface area contributed by atoms with Gasteiger partial charge in [-0.3, -0.25) is 4.98 Å². The number of halogens is 2. The minimum absolute atomic E-state index is 0.0632. The molecule has 0 bridgehead atoms. The number of pyridine rings is 1. The molecular weight excluding hydrogens is 315 g/mol. The van der Waals surface area contributed by atoms with E-state index in [1.54, 1.807) is 24.4 Å². The van der Waals surface area contributed by atoms with Crippen LogP contribution >= 0.6 is 11.6 Å². The predicted molar refractivity (Wildman–Crippen MR) is 78.8 cm³/mol. The van der Waals surface area contributed by atoms with E-state index in [0.717, 1.165) is 10.4 Å². The minimum atomic E-state index is -3.94. The van der Waals surface area contributed by atoms with Crippen LogP contribution in [0.25, 0.3) is 0 Å². The summed E-state index contributed by atoms with van der Waals surface area (Å²) in [6.07, 6.45) is 1.57. The molecule has 112 valence electrons. The summed E-state index contributed by atoms with van der Waals surface area (Å²) in [5.41, 5.74) is 1.13. The molecule has 0 N–H and O–H groups in total. The van der Waals surface area contributed by atoms with Crippen LogP contribution in [0.15, 0.2) is 47.5 Å². The van der Waals surface area contributed by atoms with Crippen molar-refractivity contribution in [1.29, 1.82) is 0 Å². The van der Waals surface area contributed by atoms with E-state index in [1.807, 2.05) is 0 Å². The first kappa shape index (κ1) is 15.9. The van der Waals surface area contributed by atoms with Crippen LogP contribution < -0.4 is 0 Å². The summed E-state index contributed by atoms with van der Waals surface area (Å²) in [7, 11) is -2.56. The minimum Gasteiger partial charge on any atom is -0.260 e. The molecule has 7 heteroatoms. The van der Waals surface area contributed by atoms with Crippen molar-refractivity contribution in [3.8, 4) is 0 Å². The Morgan fingerprint density at radius 2 is 2.05 bits per heavy atom. The number of rotatable bonds is 5. The van der Waals surface area contributed by atoms with Gasteiger partial charge in [0.2, 0.25) is 10.0 Å². The lowest BCUT2D eigenvalue weighted by atomic mass is 10.2. The molecule has 1 aromatic heterocycles. The number of aromatic nitrogens is 1. The zero-order valence-electron chi connectivity index (χ0n) is 11.3. The first-order valence-corrected chi connectivity index (χ1v) is 8.13. The summed E-state index contributed by atoms with van der Waals surface area (Å²) in [4.78, 5) is 3.69. The van der Waals surface area contributed by atoms with Crippen molar-refractivity contribution in [3.63, 3.8) is 0 Å². The van der Waals surface area contributed by atoms with Gasteiger partial charge in [-0.1, -0.05) is 12.1 Å². The van der Waals surface area contributed by atoms with Crippen molar-refractivity contribution in [2.24, 2.45) is 0 Å². The van der Waals surface area contributed by atoms with Gasteiger partial charge in [0.1, 0.15) is 10.7 Å². The molecule has 1 aromatic carbocycles. The number of sulfonamides is 1. The van der Waals surface area contributed by atoms with E-state index < -0.39 is 15.8 Å². The molecule has 0 amide bonds. The maximum absolute atomic E-state index is 13.8. The lowest BCUT2D eigenvalue weighted by Crippen LogP contribution is -2.27. The third-order valence-corrected chi connectivity index (χ3v) is 5.08. The highest BCUT2D eigenvalue weighted by Crippen LogP contribution is 2.21. The summed E-state index contributed by atoms with van der Waals surface area (Å²) in [6, 6.07) is 9.03. The second kappa shape index (κ2) is 6.51. The van der Waals surface area contributed by atoms with Crippen molar-refractivity contribution in [1.82, 2.24) is 9.29 Å². The van der Waals surface area contributed by atoms with Crippen molar-refractivity contribution in [2.45, 2.75) is 17.3 Å². The Labute approximate surface area is 128 Å². The van der Waals surface area contributed by atoms with E-state index in [2.05, 4.69) is 4.98 Å². The van der Waals surface area contributed by atoms with Crippen molar-refractivity contribution < 1.29 is 12.8 Å². The van der Waals surface area contributed by atoms with Gasteiger partial charge >= 0.3 is 0 Å². The quantitative estimate of drug-likeness (QED) is 0.793. The molecule has 21 heavy (non-hydrogen) atoms. The van der Waals surface area contributed by atoms with Crippen molar-refractivity contribution >= 4 is 21.6 Å². The summed E-state index contributed by atoms with van der Waals surface area (Å²) in [6.45, 7) is 0.0632. The Morgan fingerprint density at radius 3 is 2.67 bits per heavy atom. The Morgan fingerprint density at radius 1 is 1.29 bits per heavy atom. The topological polar surface area (TPSA) is 50.3 Å². The van der Waals surface area contributed by atoms with Gasteiger partial charge in [0.05, 0.1) is 12.2 Å². The maximum atomic E-state index is 13.8. The summed E-state index contributed by atoms with van der Waals surface area (Å²) >= 11 is 5.67. The Hall–Kier alpha value is -1.50. The Balaban J connectivity index is 2.33. The third-order valence-electron chi connectivity index (χ3n) is 2.95. The highest BCUT2D eigenvalue weighted by Gasteiger charge is 2.25. The fourth-order valence-electron chi connectivity index (χ4n) is 1.80. The lowest BCUT2D eigenvalue weighted by Gasteiger charge is -2.17. The van der Waals surface area contributed by atoms with Crippen LogP contribution in [0, 0.1) is 5.82 Å². The smallest absolute Gasteiger partial charge is 0.246 e. The SMILES string of the molecule is CN(Cc1ccccn1)S(=O)(=O)c1cc(CCl)ccc1F. The molecule has 2 rings (SSSR count). The lowest BCUT2D eigenvalue weighted by molar-refractivity contribution is 0.455. The van der Waals surface area contributed by atoms with Crippen LogP contribution in [0.2, 0.25) is 0 Å². The Bertz CT molecular complexity index is 723. The molecule has 0 atom stereocenters. The van der Waals surface area contributed by atoms with Crippen LogP contribution in [0.5, 0.6) is 0 Å². The van der Waals surface area contributed by atoms with E-state index in [-0.39, 0.29) is 17.3 Å². The van der Waals surface area contributed by atoms with Gasteiger partial charge in [0.25, 0.3) is 0 Å². The largest absolute Gasteiger partial charge is 0.260 e. The Kier molecular flexibility index (Phi) is 4.92. The van der Waals surface area contributed by atoms with E-state index >= 15 is 0 Å². The molecule has 0 aliphatic rings. The molecule has 0 radical (unpaired) electrons. The summed E-state index contributed by atoms with van der Waals surface area (Å²) < 4.78 is 39.8. The van der Waals surface area contributed by atoms with Crippen LogP contribution in [0.3, 0.4) is 0 Å². The van der Waals surface area contributed by atoms with Crippen LogP contribution in [-0.4, -0.2) is 24.8 Å². The molecule has 0 saturated carbocycles. The standard InChI is InChI=1S/C14H14ClFN2O2S/c1-18(10-12-4-2-3-7-17-12)21(19,20)14-8-11(9-15)5-6-13(14)16/h2-8H,9-10H2,1H3. The maximum Gasteiger partial charge on any atom is 0.246 e. The number of nitrogens with zero attached hydrogens (tertiary/aromatic N) is 2. The monoisotopic (exact) mass is 328 g/mol. The number of benzene rings is 1. The number of hydrogen-bond donors (Lipinski definition) is 0. The average Bonchev–Trinajstić information content (AvgIpc) is 2.48. The molecule has 2 aromatic rings. The zero-order valence-corrected chi connectivity index (χ0v) is 12.9. The normalized spacial score (nSPS) is 11.8. The van der Waals surface area contributed by atoms with Gasteiger partial charge < -0.3 is 0 Å². The van der Waals surface area contributed by atoms with Crippen molar-refractivity contribution in [3.05, 3.63) is 59.7 Å². The second-order valence-electron chi connectivity index (χ2n) is 4.48. The zero-order chi connectivity index (χ0) is 15.5. The van der Waals surface area contributed by atoms with Gasteiger partial charge in [-0.2, -0.15) is 4.31 Å². The molecular formula is C14H14ClFN2O2S. The van der Waals surface area contributed by atoms with Gasteiger partial charge in [0, 0.05) is 19.1 Å². The summed E-state index contributed by atoms with van der Waals surface area (Å²) in [5, 5.41) is 0. The summed E-state index contributed by atoms with van der Waals surface area (Å²) in [5.74, 6) is -0.677. The molecule has 0 aliphatic carbocycles. The number of alkyl halides is 1. The first-order valence-electron chi connectivity index (χ1n) is 6.16. The molecule has 1 heterocycles. The molecule has 0 unspecified atom stereocenters. The van der Waals surface area contributed by atoms with E-state index in [4.69, 9.17) is 11.6 Å². The molecule has 0 saturated heterocycles. The van der Waals surface area contributed by atoms with E-state index in [0.29, 0.717) is 11.3 Å². The van der Waals surface area contributed by atoms with Gasteiger partial charge in [-0.15, -0.1) is 11.6 Å². The third kappa shape index (κ3) is 3.58. The fourth-order valence-corrected chi connectivity index (χ4v) is 3.22. The highest BCUT2D eigenvalue weighted by molar-refractivity contribution is 7.89. The second-order valence-corrected chi connectivity index (χ2v) is 6.76. The molecule has 0 fully saturated rings. The first-order chi connectivity index (χ1) is 9.95. The molecule has 0 aliphatic heterocycles. The van der Waals surface area contributed by atoms with Gasteiger partial charge in [0.15, 0.2) is 0 Å². The van der Waals surface area contributed by atoms with Crippen LogP contribution in [-0.2, 0) is 22.4 Å². The van der Waals surface area contributed by atoms with E-state index in [1.165, 1.54) is 19.2 Å². The van der Waals surface area contributed by atoms with Crippen molar-refractivity contribution in [2.75, 3.05) is 7.05 Å². The van der Waals surface area contributed by atoms with Crippen LogP contribution in [0.1, 0.15) is 11.3 Å².